The maximum Gasteiger partial charge on any atom is 0.333 e. The minimum Gasteiger partial charge on any atom is -0.426 e. The lowest BCUT2D eigenvalue weighted by atomic mass is 9.95. The van der Waals surface area contributed by atoms with Crippen molar-refractivity contribution in [2.45, 2.75) is 78.5 Å². The number of benzene rings is 1. The molecule has 0 saturated carbocycles. The van der Waals surface area contributed by atoms with Gasteiger partial charge in [-0.1, -0.05) is 30.3 Å². The largest absolute Gasteiger partial charge is 0.426 e. The van der Waals surface area contributed by atoms with Crippen LogP contribution >= 0.6 is 11.8 Å². The van der Waals surface area contributed by atoms with Gasteiger partial charge in [0.15, 0.2) is 9.84 Å². The molecule has 4 aliphatic heterocycles. The Bertz CT molecular complexity index is 1400. The third-order valence-corrected chi connectivity index (χ3v) is 12.4. The van der Waals surface area contributed by atoms with Crippen molar-refractivity contribution in [3.8, 4) is 0 Å². The van der Waals surface area contributed by atoms with Gasteiger partial charge >= 0.3 is 11.9 Å². The highest BCUT2D eigenvalue weighted by molar-refractivity contribution is 8.01. The van der Waals surface area contributed by atoms with E-state index in [4.69, 9.17) is 15.2 Å². The molecule has 0 aromatic heterocycles. The van der Waals surface area contributed by atoms with Crippen LogP contribution in [0.5, 0.6) is 0 Å². The van der Waals surface area contributed by atoms with E-state index in [0.717, 1.165) is 4.90 Å². The minimum absolute atomic E-state index is 0.191. The fourth-order valence-corrected chi connectivity index (χ4v) is 9.44. The van der Waals surface area contributed by atoms with Gasteiger partial charge in [-0.2, -0.15) is 0 Å². The summed E-state index contributed by atoms with van der Waals surface area (Å²) >= 11 is 1.31. The summed E-state index contributed by atoms with van der Waals surface area (Å²) in [5, 5.41) is 1.07. The van der Waals surface area contributed by atoms with Gasteiger partial charge in [0.2, 0.25) is 24.5 Å². The Kier molecular flexibility index (Phi) is 6.70. The van der Waals surface area contributed by atoms with Gasteiger partial charge in [0.25, 0.3) is 0 Å². The number of ether oxygens (including phenoxy) is 2. The average Bonchev–Trinajstić information content (AvgIpc) is 3.22. The zero-order valence-electron chi connectivity index (χ0n) is 22.2. The van der Waals surface area contributed by atoms with Crippen LogP contribution in [0.2, 0.25) is 0 Å². The van der Waals surface area contributed by atoms with Gasteiger partial charge in [-0.3, -0.25) is 14.4 Å². The van der Waals surface area contributed by atoms with Gasteiger partial charge in [0.05, 0.1) is 11.2 Å². The summed E-state index contributed by atoms with van der Waals surface area (Å²) in [6.07, 6.45) is -0.191. The van der Waals surface area contributed by atoms with Crippen molar-refractivity contribution in [2.24, 2.45) is 5.73 Å². The van der Waals surface area contributed by atoms with Gasteiger partial charge in [0.1, 0.15) is 34.9 Å². The van der Waals surface area contributed by atoms with E-state index in [2.05, 4.69) is 5.32 Å². The van der Waals surface area contributed by atoms with E-state index in [1.54, 1.807) is 44.2 Å². The molecule has 4 aliphatic rings. The number of nitrogens with two attached hydrogens (primary N) is 1. The van der Waals surface area contributed by atoms with Crippen LogP contribution in [-0.4, -0.2) is 93.0 Å². The van der Waals surface area contributed by atoms with Crippen molar-refractivity contribution >= 4 is 51.3 Å². The van der Waals surface area contributed by atoms with E-state index in [0.29, 0.717) is 5.56 Å². The summed E-state index contributed by atoms with van der Waals surface area (Å²) in [6, 6.07) is 4.45. The fourth-order valence-electron chi connectivity index (χ4n) is 5.69. The Morgan fingerprint density at radius 3 is 2.25 bits per heavy atom. The van der Waals surface area contributed by atoms with Crippen LogP contribution in [0.1, 0.15) is 45.7 Å². The molecule has 40 heavy (non-hydrogen) atoms. The highest BCUT2D eigenvalue weighted by atomic mass is 32.2. The Labute approximate surface area is 235 Å². The standard InChI is InChI=1S/C25H30N4O9S2/c1-24(2)17(29-20(32)16(21(29)39-24)27-19(31)15(26)12-8-6-5-7-9-12)22(33)37-11-38-23(34)18-25(3,4)40(35,36)14-10-13(30)28(14)18/h5-9,14-18,21H,10-11,26H2,1-4H3,(H,27,31)/t14-,15+,16-,17+,18+,21-/m1/s1. The molecular weight excluding hydrogens is 564 g/mol. The number of fused-ring (bicyclic) bond motifs is 2. The fraction of sp³-hybridized carbons (Fsp3) is 0.560. The van der Waals surface area contributed by atoms with Crippen LogP contribution in [0, 0.1) is 0 Å². The number of rotatable bonds is 7. The van der Waals surface area contributed by atoms with Crippen molar-refractivity contribution < 1.29 is 41.9 Å². The Balaban J connectivity index is 1.19. The second-order valence-electron chi connectivity index (χ2n) is 11.2. The first-order chi connectivity index (χ1) is 18.6. The van der Waals surface area contributed by atoms with Gasteiger partial charge in [-0.25, -0.2) is 18.0 Å². The molecule has 0 radical (unpaired) electrons. The van der Waals surface area contributed by atoms with E-state index in [1.165, 1.54) is 30.5 Å². The van der Waals surface area contributed by atoms with E-state index in [1.807, 2.05) is 0 Å². The molecule has 3 amide bonds. The summed E-state index contributed by atoms with van der Waals surface area (Å²) in [5.41, 5.74) is 6.64. The summed E-state index contributed by atoms with van der Waals surface area (Å²) in [6.45, 7) is 5.37. The second-order valence-corrected chi connectivity index (χ2v) is 15.6. The SMILES string of the molecule is CC1(C)S[C@@H]2[C@H](NC(=O)[C@@H](N)c3ccccc3)C(=O)N2[C@H]1C(=O)OCOC(=O)[C@@H]1N2C(=O)C[C@H]2S(=O)(=O)C1(C)C. The van der Waals surface area contributed by atoms with Gasteiger partial charge in [-0.15, -0.1) is 11.8 Å². The topological polar surface area (TPSA) is 182 Å². The summed E-state index contributed by atoms with van der Waals surface area (Å²) in [4.78, 5) is 65.9. The number of esters is 2. The van der Waals surface area contributed by atoms with Crippen molar-refractivity contribution in [3.63, 3.8) is 0 Å². The molecular formula is C25H30N4O9S2. The Morgan fingerprint density at radius 2 is 1.65 bits per heavy atom. The number of carbonyl (C=O) groups is 5. The lowest BCUT2D eigenvalue weighted by molar-refractivity contribution is -0.181. The Morgan fingerprint density at radius 1 is 1.05 bits per heavy atom. The summed E-state index contributed by atoms with van der Waals surface area (Å²) < 4.78 is 33.3. The lowest BCUT2D eigenvalue weighted by Crippen LogP contribution is -2.71. The normalized spacial score (nSPS) is 31.3. The molecule has 4 fully saturated rings. The van der Waals surface area contributed by atoms with Crippen LogP contribution in [0.25, 0.3) is 0 Å². The summed E-state index contributed by atoms with van der Waals surface area (Å²) in [5.74, 6) is -3.32. The highest BCUT2D eigenvalue weighted by Crippen LogP contribution is 2.51. The van der Waals surface area contributed by atoms with Gasteiger partial charge in [-0.05, 0) is 33.3 Å². The third kappa shape index (κ3) is 4.08. The maximum atomic E-state index is 13.0. The molecule has 216 valence electrons. The monoisotopic (exact) mass is 594 g/mol. The number of amides is 3. The van der Waals surface area contributed by atoms with Gasteiger partial charge < -0.3 is 30.3 Å². The van der Waals surface area contributed by atoms with Crippen molar-refractivity contribution in [1.29, 1.82) is 0 Å². The van der Waals surface area contributed by atoms with E-state index in [9.17, 15) is 32.4 Å². The molecule has 3 N–H and O–H groups in total. The summed E-state index contributed by atoms with van der Waals surface area (Å²) in [7, 11) is -3.80. The van der Waals surface area contributed by atoms with Crippen LogP contribution in [-0.2, 0) is 43.3 Å². The van der Waals surface area contributed by atoms with Crippen molar-refractivity contribution in [2.75, 3.05) is 6.79 Å². The molecule has 1 aromatic carbocycles. The van der Waals surface area contributed by atoms with E-state index < -0.39 is 90.7 Å². The molecule has 13 nitrogen and oxygen atoms in total. The minimum atomic E-state index is -3.80. The average molecular weight is 595 g/mol. The number of nitrogens with zero attached hydrogens (tertiary/aromatic N) is 2. The number of hydrogen-bond donors (Lipinski definition) is 2. The Hall–Kier alpha value is -3.17. The molecule has 0 unspecified atom stereocenters. The number of nitrogens with one attached hydrogen (secondary N) is 1. The highest BCUT2D eigenvalue weighted by Gasteiger charge is 2.68. The number of carbonyl (C=O) groups excluding carboxylic acids is 5. The molecule has 15 heteroatoms. The van der Waals surface area contributed by atoms with Crippen LogP contribution in [0.15, 0.2) is 30.3 Å². The quantitative estimate of drug-likeness (QED) is 0.234. The number of β-lactam (4-membered cyclic amide) rings is 2. The van der Waals surface area contributed by atoms with Crippen LogP contribution in [0.3, 0.4) is 0 Å². The maximum absolute atomic E-state index is 13.0. The zero-order chi connectivity index (χ0) is 29.4. The predicted octanol–water partition coefficient (Wildman–Crippen LogP) is -0.589. The second kappa shape index (κ2) is 9.45. The zero-order valence-corrected chi connectivity index (χ0v) is 23.9. The molecule has 0 aliphatic carbocycles. The molecule has 1 aromatic rings. The first-order valence-corrected chi connectivity index (χ1v) is 15.0. The first-order valence-electron chi connectivity index (χ1n) is 12.6. The number of hydrogen-bond acceptors (Lipinski definition) is 11. The number of sulfone groups is 1. The molecule has 0 bridgehead atoms. The molecule has 4 saturated heterocycles. The van der Waals surface area contributed by atoms with E-state index >= 15 is 0 Å². The first kappa shape index (κ1) is 28.4. The molecule has 5 rings (SSSR count). The molecule has 0 spiro atoms. The van der Waals surface area contributed by atoms with Gasteiger partial charge in [0, 0.05) is 4.75 Å². The molecule has 6 atom stereocenters. The molecule has 4 heterocycles. The number of thioether (sulfide) groups is 1. The third-order valence-electron chi connectivity index (χ3n) is 8.00. The smallest absolute Gasteiger partial charge is 0.333 e. The van der Waals surface area contributed by atoms with Crippen LogP contribution < -0.4 is 11.1 Å². The predicted molar refractivity (Wildman–Crippen MR) is 140 cm³/mol. The lowest BCUT2D eigenvalue weighted by Gasteiger charge is -2.44. The van der Waals surface area contributed by atoms with E-state index in [-0.39, 0.29) is 6.42 Å². The van der Waals surface area contributed by atoms with Crippen LogP contribution in [0.4, 0.5) is 0 Å². The van der Waals surface area contributed by atoms with Crippen molar-refractivity contribution in [1.82, 2.24) is 15.1 Å². The van der Waals surface area contributed by atoms with Crippen molar-refractivity contribution in [3.05, 3.63) is 35.9 Å².